The zero-order valence-electron chi connectivity index (χ0n) is 10.7. The quantitative estimate of drug-likeness (QED) is 0.840. The van der Waals surface area contributed by atoms with Crippen LogP contribution in [-0.4, -0.2) is 12.0 Å². The van der Waals surface area contributed by atoms with Gasteiger partial charge in [0, 0.05) is 21.6 Å². The molecule has 0 aliphatic carbocycles. The van der Waals surface area contributed by atoms with E-state index in [4.69, 9.17) is 11.6 Å². The lowest BCUT2D eigenvalue weighted by Crippen LogP contribution is -2.13. The summed E-state index contributed by atoms with van der Waals surface area (Å²) in [4.78, 5) is 5.51. The fourth-order valence-corrected chi connectivity index (χ4v) is 3.28. The van der Waals surface area contributed by atoms with Crippen LogP contribution in [0.2, 0.25) is 5.02 Å². The number of hydrogen-bond donors (Lipinski definition) is 1. The molecule has 2 rings (SSSR count). The van der Waals surface area contributed by atoms with E-state index in [1.54, 1.807) is 18.0 Å². The molecule has 2 nitrogen and oxygen atoms in total. The second-order valence-electron chi connectivity index (χ2n) is 4.11. The van der Waals surface area contributed by atoms with Gasteiger partial charge >= 0.3 is 0 Å². The molecule has 0 aliphatic heterocycles. The maximum Gasteiger partial charge on any atom is 0.101 e. The zero-order valence-corrected chi connectivity index (χ0v) is 13.8. The van der Waals surface area contributed by atoms with Gasteiger partial charge in [0.1, 0.15) is 5.03 Å². The van der Waals surface area contributed by atoms with Crippen LogP contribution in [-0.2, 0) is 0 Å². The molecule has 19 heavy (non-hydrogen) atoms. The fourth-order valence-electron chi connectivity index (χ4n) is 1.65. The summed E-state index contributed by atoms with van der Waals surface area (Å²) in [5, 5.41) is 4.86. The molecule has 0 radical (unpaired) electrons. The van der Waals surface area contributed by atoms with Crippen molar-refractivity contribution >= 4 is 39.3 Å². The van der Waals surface area contributed by atoms with Crippen molar-refractivity contribution in [2.75, 3.05) is 7.05 Å². The molecule has 1 unspecified atom stereocenters. The maximum atomic E-state index is 5.85. The minimum atomic E-state index is 0.294. The summed E-state index contributed by atoms with van der Waals surface area (Å²) >= 11 is 11.0. The molecule has 1 aromatic heterocycles. The highest BCUT2D eigenvalue weighted by molar-refractivity contribution is 9.10. The van der Waals surface area contributed by atoms with Crippen LogP contribution in [0.25, 0.3) is 0 Å². The third kappa shape index (κ3) is 3.96. The van der Waals surface area contributed by atoms with Crippen LogP contribution in [0, 0.1) is 0 Å². The average Bonchev–Trinajstić information content (AvgIpc) is 2.41. The standard InChI is InChI=1S/C14H14BrClN2S/c1-9(17-2)12-5-3-10(15)7-13(12)19-14-6-4-11(16)8-18-14/h3-9,17H,1-2H3. The lowest BCUT2D eigenvalue weighted by molar-refractivity contribution is 0.641. The Labute approximate surface area is 131 Å². The summed E-state index contributed by atoms with van der Waals surface area (Å²) in [6, 6.07) is 10.4. The zero-order chi connectivity index (χ0) is 13.8. The van der Waals surface area contributed by atoms with Gasteiger partial charge in [-0.2, -0.15) is 0 Å². The summed E-state index contributed by atoms with van der Waals surface area (Å²) in [6.45, 7) is 2.14. The lowest BCUT2D eigenvalue weighted by Gasteiger charge is -2.15. The van der Waals surface area contributed by atoms with Crippen molar-refractivity contribution in [3.8, 4) is 0 Å². The monoisotopic (exact) mass is 356 g/mol. The molecule has 100 valence electrons. The minimum absolute atomic E-state index is 0.294. The highest BCUT2D eigenvalue weighted by Crippen LogP contribution is 2.34. The van der Waals surface area contributed by atoms with E-state index in [0.29, 0.717) is 11.1 Å². The van der Waals surface area contributed by atoms with Gasteiger partial charge in [0.25, 0.3) is 0 Å². The average molecular weight is 358 g/mol. The number of hydrogen-bond acceptors (Lipinski definition) is 3. The summed E-state index contributed by atoms with van der Waals surface area (Å²) < 4.78 is 1.07. The van der Waals surface area contributed by atoms with Gasteiger partial charge < -0.3 is 5.32 Å². The number of aromatic nitrogens is 1. The first-order valence-electron chi connectivity index (χ1n) is 5.86. The number of pyridine rings is 1. The van der Waals surface area contributed by atoms with E-state index in [0.717, 1.165) is 9.50 Å². The van der Waals surface area contributed by atoms with Gasteiger partial charge in [0.2, 0.25) is 0 Å². The maximum absolute atomic E-state index is 5.85. The number of nitrogens with one attached hydrogen (secondary N) is 1. The molecular weight excluding hydrogens is 344 g/mol. The van der Waals surface area contributed by atoms with Gasteiger partial charge in [-0.05, 0) is 43.8 Å². The molecule has 1 heterocycles. The largest absolute Gasteiger partial charge is 0.313 e. The Morgan fingerprint density at radius 1 is 1.32 bits per heavy atom. The molecule has 2 aromatic rings. The second-order valence-corrected chi connectivity index (χ2v) is 6.52. The first-order valence-corrected chi connectivity index (χ1v) is 7.85. The Balaban J connectivity index is 2.32. The van der Waals surface area contributed by atoms with Gasteiger partial charge in [0.05, 0.1) is 5.02 Å². The van der Waals surface area contributed by atoms with Gasteiger partial charge in [-0.25, -0.2) is 4.98 Å². The van der Waals surface area contributed by atoms with Crippen molar-refractivity contribution < 1.29 is 0 Å². The first-order chi connectivity index (χ1) is 9.10. The van der Waals surface area contributed by atoms with Crippen LogP contribution in [0.1, 0.15) is 18.5 Å². The third-order valence-electron chi connectivity index (χ3n) is 2.79. The lowest BCUT2D eigenvalue weighted by atomic mass is 10.1. The van der Waals surface area contributed by atoms with Crippen molar-refractivity contribution in [1.82, 2.24) is 10.3 Å². The van der Waals surface area contributed by atoms with Crippen molar-refractivity contribution in [3.05, 3.63) is 51.6 Å². The number of nitrogens with zero attached hydrogens (tertiary/aromatic N) is 1. The molecule has 0 saturated carbocycles. The molecule has 5 heteroatoms. The van der Waals surface area contributed by atoms with Crippen molar-refractivity contribution in [2.24, 2.45) is 0 Å². The van der Waals surface area contributed by atoms with Crippen LogP contribution in [0.15, 0.2) is 50.9 Å². The topological polar surface area (TPSA) is 24.9 Å². The van der Waals surface area contributed by atoms with Crippen molar-refractivity contribution in [1.29, 1.82) is 0 Å². The molecule has 0 spiro atoms. The van der Waals surface area contributed by atoms with Crippen LogP contribution in [0.5, 0.6) is 0 Å². The van der Waals surface area contributed by atoms with E-state index in [1.165, 1.54) is 10.5 Å². The Bertz CT molecular complexity index is 560. The Morgan fingerprint density at radius 3 is 2.74 bits per heavy atom. The van der Waals surface area contributed by atoms with E-state index in [-0.39, 0.29) is 0 Å². The van der Waals surface area contributed by atoms with E-state index in [1.807, 2.05) is 19.2 Å². The van der Waals surface area contributed by atoms with Crippen LogP contribution >= 0.6 is 39.3 Å². The van der Waals surface area contributed by atoms with E-state index in [9.17, 15) is 0 Å². The van der Waals surface area contributed by atoms with Crippen molar-refractivity contribution in [2.45, 2.75) is 22.9 Å². The van der Waals surface area contributed by atoms with E-state index < -0.39 is 0 Å². The Hall–Kier alpha value is -0.550. The molecule has 0 aliphatic rings. The minimum Gasteiger partial charge on any atom is -0.313 e. The Morgan fingerprint density at radius 2 is 2.11 bits per heavy atom. The molecule has 0 bridgehead atoms. The van der Waals surface area contributed by atoms with Gasteiger partial charge in [0.15, 0.2) is 0 Å². The SMILES string of the molecule is CNC(C)c1ccc(Br)cc1Sc1ccc(Cl)cn1. The van der Waals surface area contributed by atoms with Gasteiger partial charge in [-0.1, -0.05) is 45.4 Å². The normalized spacial score (nSPS) is 12.4. The summed E-state index contributed by atoms with van der Waals surface area (Å²) in [7, 11) is 1.96. The highest BCUT2D eigenvalue weighted by Gasteiger charge is 2.11. The summed E-state index contributed by atoms with van der Waals surface area (Å²) in [5.74, 6) is 0. The fraction of sp³-hybridized carbons (Fsp3) is 0.214. The third-order valence-corrected chi connectivity index (χ3v) is 4.53. The predicted molar refractivity (Wildman–Crippen MR) is 85.0 cm³/mol. The smallest absolute Gasteiger partial charge is 0.101 e. The predicted octanol–water partition coefficient (Wildman–Crippen LogP) is 4.93. The molecular formula is C14H14BrClN2S. The second kappa shape index (κ2) is 6.75. The molecule has 1 N–H and O–H groups in total. The highest BCUT2D eigenvalue weighted by atomic mass is 79.9. The summed E-state index contributed by atoms with van der Waals surface area (Å²) in [5.41, 5.74) is 1.26. The summed E-state index contributed by atoms with van der Waals surface area (Å²) in [6.07, 6.45) is 1.67. The number of benzene rings is 1. The van der Waals surface area contributed by atoms with Crippen LogP contribution in [0.4, 0.5) is 0 Å². The van der Waals surface area contributed by atoms with E-state index in [2.05, 4.69) is 51.4 Å². The Kier molecular flexibility index (Phi) is 5.28. The van der Waals surface area contributed by atoms with Crippen LogP contribution < -0.4 is 5.32 Å². The molecule has 0 amide bonds. The number of rotatable bonds is 4. The van der Waals surface area contributed by atoms with Crippen molar-refractivity contribution in [3.63, 3.8) is 0 Å². The van der Waals surface area contributed by atoms with Gasteiger partial charge in [-0.15, -0.1) is 0 Å². The van der Waals surface area contributed by atoms with E-state index >= 15 is 0 Å². The van der Waals surface area contributed by atoms with Gasteiger partial charge in [-0.3, -0.25) is 0 Å². The first kappa shape index (κ1) is 14.9. The number of halogens is 2. The molecule has 1 aromatic carbocycles. The molecule has 0 saturated heterocycles. The molecule has 0 fully saturated rings. The molecule has 1 atom stereocenters. The van der Waals surface area contributed by atoms with Crippen LogP contribution in [0.3, 0.4) is 0 Å².